The first-order valence-electron chi connectivity index (χ1n) is 8.16. The van der Waals surface area contributed by atoms with E-state index in [-0.39, 0.29) is 11.9 Å². The van der Waals surface area contributed by atoms with Crippen LogP contribution in [0.4, 0.5) is 0 Å². The van der Waals surface area contributed by atoms with Gasteiger partial charge in [-0.15, -0.1) is 0 Å². The molecule has 0 bridgehead atoms. The number of nitrogens with one attached hydrogen (secondary N) is 1. The summed E-state index contributed by atoms with van der Waals surface area (Å²) in [5.74, 6) is -0.157. The Morgan fingerprint density at radius 1 is 1.12 bits per heavy atom. The smallest absolute Gasteiger partial charge is 0.374 e. The lowest BCUT2D eigenvalue weighted by atomic mass is 10.2. The Kier molecular flexibility index (Phi) is 4.96. The molecule has 1 N–H and O–H groups in total. The third kappa shape index (κ3) is 4.03. The Bertz CT molecular complexity index is 777. The maximum Gasteiger partial charge on any atom is 0.374 e. The van der Waals surface area contributed by atoms with Gasteiger partial charge in [0.05, 0.1) is 7.05 Å². The normalized spacial score (nSPS) is 13.6. The molecular weight excluding hydrogens is 302 g/mol. The van der Waals surface area contributed by atoms with E-state index in [2.05, 4.69) is 19.2 Å². The van der Waals surface area contributed by atoms with Crippen molar-refractivity contribution in [1.82, 2.24) is 0 Å². The average molecular weight is 324 g/mol. The number of ether oxygens (including phenoxy) is 1. The van der Waals surface area contributed by atoms with Crippen LogP contribution in [0.3, 0.4) is 0 Å². The third-order valence-corrected chi connectivity index (χ3v) is 3.92. The Balaban J connectivity index is 1.55. The van der Waals surface area contributed by atoms with Crippen molar-refractivity contribution in [2.24, 2.45) is 0 Å². The van der Waals surface area contributed by atoms with Gasteiger partial charge in [0.25, 0.3) is 0 Å². The quantitative estimate of drug-likeness (QED) is 0.709. The number of benzene rings is 2. The van der Waals surface area contributed by atoms with Gasteiger partial charge in [-0.1, -0.05) is 48.5 Å². The summed E-state index contributed by atoms with van der Waals surface area (Å²) in [7, 11) is 2.10. The van der Waals surface area contributed by atoms with Crippen molar-refractivity contribution >= 4 is 16.9 Å². The Morgan fingerprint density at radius 3 is 2.58 bits per heavy atom. The molecule has 0 saturated carbocycles. The molecule has 3 rings (SSSR count). The van der Waals surface area contributed by atoms with Gasteiger partial charge >= 0.3 is 5.97 Å². The number of quaternary nitrogens is 1. The number of esters is 1. The zero-order chi connectivity index (χ0) is 16.9. The van der Waals surface area contributed by atoms with E-state index in [1.165, 1.54) is 10.5 Å². The third-order valence-electron chi connectivity index (χ3n) is 3.92. The summed E-state index contributed by atoms with van der Waals surface area (Å²) in [5, 5.41) is 0.906. The summed E-state index contributed by atoms with van der Waals surface area (Å²) in [6, 6.07) is 19.6. The zero-order valence-corrected chi connectivity index (χ0v) is 14.0. The summed E-state index contributed by atoms with van der Waals surface area (Å²) in [6.07, 6.45) is -0.186. The average Bonchev–Trinajstić information content (AvgIpc) is 2.99. The second-order valence-electron chi connectivity index (χ2n) is 6.19. The van der Waals surface area contributed by atoms with E-state index in [4.69, 9.17) is 9.15 Å². The van der Waals surface area contributed by atoms with Crippen LogP contribution in [0, 0.1) is 0 Å². The van der Waals surface area contributed by atoms with Gasteiger partial charge in [0.1, 0.15) is 24.8 Å². The van der Waals surface area contributed by atoms with E-state index in [9.17, 15) is 4.79 Å². The highest BCUT2D eigenvalue weighted by Crippen LogP contribution is 2.19. The molecule has 3 aromatic rings. The maximum atomic E-state index is 12.2. The van der Waals surface area contributed by atoms with E-state index in [0.29, 0.717) is 5.58 Å². The number of hydrogen-bond donors (Lipinski definition) is 1. The van der Waals surface area contributed by atoms with Gasteiger partial charge in [-0.05, 0) is 19.1 Å². The first-order chi connectivity index (χ1) is 11.6. The molecule has 4 nitrogen and oxygen atoms in total. The van der Waals surface area contributed by atoms with E-state index < -0.39 is 5.97 Å². The zero-order valence-electron chi connectivity index (χ0n) is 14.0. The highest BCUT2D eigenvalue weighted by Gasteiger charge is 2.19. The summed E-state index contributed by atoms with van der Waals surface area (Å²) >= 11 is 0. The van der Waals surface area contributed by atoms with Crippen LogP contribution in [0.1, 0.15) is 23.0 Å². The Morgan fingerprint density at radius 2 is 1.83 bits per heavy atom. The highest BCUT2D eigenvalue weighted by molar-refractivity contribution is 5.92. The molecule has 124 valence electrons. The molecule has 2 unspecified atom stereocenters. The lowest BCUT2D eigenvalue weighted by Crippen LogP contribution is -3.08. The number of fused-ring (bicyclic) bond motifs is 1. The van der Waals surface area contributed by atoms with Gasteiger partial charge in [0.15, 0.2) is 0 Å². The molecule has 0 saturated heterocycles. The molecule has 0 amide bonds. The van der Waals surface area contributed by atoms with E-state index in [1.54, 1.807) is 6.07 Å². The molecule has 0 aliphatic rings. The number of rotatable bonds is 6. The van der Waals surface area contributed by atoms with Crippen LogP contribution < -0.4 is 4.90 Å². The second-order valence-corrected chi connectivity index (χ2v) is 6.19. The number of furan rings is 1. The van der Waals surface area contributed by atoms with Crippen LogP contribution in [0.2, 0.25) is 0 Å². The minimum absolute atomic E-state index is 0.186. The van der Waals surface area contributed by atoms with Crippen molar-refractivity contribution in [3.63, 3.8) is 0 Å². The lowest BCUT2D eigenvalue weighted by molar-refractivity contribution is -0.896. The molecule has 1 heterocycles. The standard InChI is InChI=1S/C20H21NO3/c1-15(13-21(2)14-16-8-4-3-5-9-16)23-20(22)19-12-17-10-6-7-11-18(17)24-19/h3-12,15H,13-14H2,1-2H3/p+1. The SMILES string of the molecule is CC(C[NH+](C)Cc1ccccc1)OC(=O)c1cc2ccccc2o1. The molecule has 0 aliphatic heterocycles. The van der Waals surface area contributed by atoms with Crippen LogP contribution in [-0.2, 0) is 11.3 Å². The maximum absolute atomic E-state index is 12.2. The number of likely N-dealkylation sites (N-methyl/N-ethyl adjacent to an activating group) is 1. The predicted octanol–water partition coefficient (Wildman–Crippen LogP) is 2.69. The number of carbonyl (C=O) groups excluding carboxylic acids is 1. The molecule has 2 atom stereocenters. The molecule has 0 fully saturated rings. The first kappa shape index (κ1) is 16.3. The summed E-state index contributed by atoms with van der Waals surface area (Å²) < 4.78 is 11.1. The minimum atomic E-state index is -0.411. The fraction of sp³-hybridized carbons (Fsp3) is 0.250. The van der Waals surface area contributed by atoms with Crippen LogP contribution >= 0.6 is 0 Å². The highest BCUT2D eigenvalue weighted by atomic mass is 16.6. The molecule has 1 aromatic heterocycles. The van der Waals surface area contributed by atoms with Crippen molar-refractivity contribution in [2.45, 2.75) is 19.6 Å². The summed E-state index contributed by atoms with van der Waals surface area (Å²) in [5.41, 5.74) is 1.97. The van der Waals surface area contributed by atoms with Gasteiger partial charge in [0, 0.05) is 10.9 Å². The Labute approximate surface area is 141 Å². The van der Waals surface area contributed by atoms with Crippen molar-refractivity contribution in [3.05, 3.63) is 72.0 Å². The number of carbonyl (C=O) groups is 1. The van der Waals surface area contributed by atoms with Gasteiger partial charge in [-0.25, -0.2) is 4.79 Å². The summed E-state index contributed by atoms with van der Waals surface area (Å²) in [4.78, 5) is 13.5. The molecule has 2 aromatic carbocycles. The van der Waals surface area contributed by atoms with Crippen molar-refractivity contribution < 1.29 is 18.8 Å². The number of para-hydroxylation sites is 1. The first-order valence-corrected chi connectivity index (χ1v) is 8.16. The molecule has 0 radical (unpaired) electrons. The molecule has 0 aliphatic carbocycles. The van der Waals surface area contributed by atoms with E-state index in [1.807, 2.05) is 49.4 Å². The van der Waals surface area contributed by atoms with Crippen LogP contribution in [0.5, 0.6) is 0 Å². The largest absolute Gasteiger partial charge is 0.451 e. The molecule has 0 spiro atoms. The van der Waals surface area contributed by atoms with Crippen molar-refractivity contribution in [3.8, 4) is 0 Å². The van der Waals surface area contributed by atoms with Crippen LogP contribution in [0.25, 0.3) is 11.0 Å². The van der Waals surface area contributed by atoms with Gasteiger partial charge < -0.3 is 14.1 Å². The van der Waals surface area contributed by atoms with Gasteiger partial charge in [-0.3, -0.25) is 0 Å². The summed E-state index contributed by atoms with van der Waals surface area (Å²) in [6.45, 7) is 3.54. The van der Waals surface area contributed by atoms with Crippen LogP contribution in [-0.4, -0.2) is 25.7 Å². The number of hydrogen-bond acceptors (Lipinski definition) is 3. The van der Waals surface area contributed by atoms with Crippen molar-refractivity contribution in [2.75, 3.05) is 13.6 Å². The van der Waals surface area contributed by atoms with E-state index in [0.717, 1.165) is 18.5 Å². The minimum Gasteiger partial charge on any atom is -0.451 e. The lowest BCUT2D eigenvalue weighted by Gasteiger charge is -2.18. The van der Waals surface area contributed by atoms with Gasteiger partial charge in [0.2, 0.25) is 5.76 Å². The van der Waals surface area contributed by atoms with E-state index >= 15 is 0 Å². The fourth-order valence-electron chi connectivity index (χ4n) is 2.87. The molecule has 24 heavy (non-hydrogen) atoms. The monoisotopic (exact) mass is 324 g/mol. The Hall–Kier alpha value is -2.59. The van der Waals surface area contributed by atoms with Crippen LogP contribution in [0.15, 0.2) is 65.1 Å². The fourth-order valence-corrected chi connectivity index (χ4v) is 2.87. The van der Waals surface area contributed by atoms with Gasteiger partial charge in [-0.2, -0.15) is 0 Å². The second kappa shape index (κ2) is 7.32. The predicted molar refractivity (Wildman–Crippen MR) is 93.0 cm³/mol. The van der Waals surface area contributed by atoms with Crippen molar-refractivity contribution in [1.29, 1.82) is 0 Å². The molecular formula is C20H22NO3+. The molecule has 4 heteroatoms. The topological polar surface area (TPSA) is 43.9 Å².